The Balaban J connectivity index is 0.00000337. The van der Waals surface area contributed by atoms with Gasteiger partial charge in [-0.15, -0.1) is 35.1 Å². The Morgan fingerprint density at radius 1 is 0.951 bits per heavy atom. The molecule has 0 atom stereocenters. The molecule has 1 aliphatic heterocycles. The zero-order valence-corrected chi connectivity index (χ0v) is 25.7. The standard InChI is InChI=1S/C30H28N4O3S3.ClH/c1-19(2)34-17-16-22-26(18-34)39-30(27(22)29-31-24-14-8-9-15-25(24)38-29)32-28(35)21-12-6-7-13-23(21)33-40(36,37)20-10-4-3-5-11-20;/h3-15,19,33H,16-18H2,1-2H3,(H,32,35);1H. The van der Waals surface area contributed by atoms with Crippen molar-refractivity contribution in [3.05, 3.63) is 94.9 Å². The number of carbonyl (C=O) groups is 1. The summed E-state index contributed by atoms with van der Waals surface area (Å²) in [5.74, 6) is -0.381. The van der Waals surface area contributed by atoms with Gasteiger partial charge in [-0.1, -0.05) is 42.5 Å². The number of nitrogens with one attached hydrogen (secondary N) is 2. The Kier molecular flexibility index (Phi) is 8.49. The lowest BCUT2D eigenvalue weighted by molar-refractivity contribution is 0.102. The van der Waals surface area contributed by atoms with Gasteiger partial charge >= 0.3 is 0 Å². The van der Waals surface area contributed by atoms with Gasteiger partial charge in [0.25, 0.3) is 15.9 Å². The number of rotatable bonds is 7. The number of thiophene rings is 1. The maximum Gasteiger partial charge on any atom is 0.261 e. The van der Waals surface area contributed by atoms with Crippen molar-refractivity contribution in [2.24, 2.45) is 0 Å². The van der Waals surface area contributed by atoms with E-state index in [1.54, 1.807) is 65.1 Å². The number of carbonyl (C=O) groups excluding carboxylic acids is 1. The Labute approximate surface area is 253 Å². The van der Waals surface area contributed by atoms with Crippen molar-refractivity contribution in [1.82, 2.24) is 9.88 Å². The van der Waals surface area contributed by atoms with Gasteiger partial charge in [-0.2, -0.15) is 0 Å². The lowest BCUT2D eigenvalue weighted by Gasteiger charge is -2.30. The average Bonchev–Trinajstić information content (AvgIpc) is 3.53. The summed E-state index contributed by atoms with van der Waals surface area (Å²) in [4.78, 5) is 22.4. The average molecular weight is 625 g/mol. The SMILES string of the molecule is CC(C)N1CCc2c(sc(NC(=O)c3ccccc3NS(=O)(=O)c3ccccc3)c2-c2nc3ccccc3s2)C1.Cl. The number of para-hydroxylation sites is 2. The van der Waals surface area contributed by atoms with Gasteiger partial charge in [-0.25, -0.2) is 13.4 Å². The van der Waals surface area contributed by atoms with E-state index in [-0.39, 0.29) is 34.5 Å². The lowest BCUT2D eigenvalue weighted by atomic mass is 10.0. The Morgan fingerprint density at radius 2 is 1.66 bits per heavy atom. The summed E-state index contributed by atoms with van der Waals surface area (Å²) in [7, 11) is -3.87. The highest BCUT2D eigenvalue weighted by molar-refractivity contribution is 7.92. The molecule has 7 nitrogen and oxygen atoms in total. The highest BCUT2D eigenvalue weighted by Crippen LogP contribution is 2.46. The molecule has 212 valence electrons. The van der Waals surface area contributed by atoms with E-state index in [4.69, 9.17) is 4.98 Å². The van der Waals surface area contributed by atoms with Crippen molar-refractivity contribution in [2.45, 2.75) is 37.8 Å². The molecule has 5 aromatic rings. The van der Waals surface area contributed by atoms with Gasteiger partial charge in [0.2, 0.25) is 0 Å². The summed E-state index contributed by atoms with van der Waals surface area (Å²) < 4.78 is 29.7. The first-order valence-electron chi connectivity index (χ1n) is 13.0. The molecule has 1 aliphatic rings. The van der Waals surface area contributed by atoms with Gasteiger partial charge in [0.15, 0.2) is 0 Å². The molecule has 0 saturated heterocycles. The van der Waals surface area contributed by atoms with Gasteiger partial charge < -0.3 is 5.32 Å². The lowest BCUT2D eigenvalue weighted by Crippen LogP contribution is -2.35. The summed E-state index contributed by atoms with van der Waals surface area (Å²) in [5, 5.41) is 4.75. The number of hydrogen-bond acceptors (Lipinski definition) is 7. The Morgan fingerprint density at radius 3 is 2.41 bits per heavy atom. The molecule has 6 rings (SSSR count). The zero-order valence-electron chi connectivity index (χ0n) is 22.5. The number of benzene rings is 3. The van der Waals surface area contributed by atoms with Crippen LogP contribution in [0.5, 0.6) is 0 Å². The fourth-order valence-electron chi connectivity index (χ4n) is 4.90. The maximum absolute atomic E-state index is 13.7. The Hall–Kier alpha value is -3.28. The summed E-state index contributed by atoms with van der Waals surface area (Å²) in [6.45, 7) is 6.15. The van der Waals surface area contributed by atoms with Crippen LogP contribution in [0.1, 0.15) is 34.6 Å². The van der Waals surface area contributed by atoms with Crippen molar-refractivity contribution in [3.8, 4) is 10.6 Å². The second kappa shape index (κ2) is 11.9. The molecule has 41 heavy (non-hydrogen) atoms. The van der Waals surface area contributed by atoms with E-state index >= 15 is 0 Å². The first kappa shape index (κ1) is 29.2. The fourth-order valence-corrected chi connectivity index (χ4v) is 8.38. The molecule has 0 aliphatic carbocycles. The van der Waals surface area contributed by atoms with Crippen molar-refractivity contribution in [1.29, 1.82) is 0 Å². The van der Waals surface area contributed by atoms with Crippen LogP contribution in [0.2, 0.25) is 0 Å². The predicted octanol–water partition coefficient (Wildman–Crippen LogP) is 7.27. The van der Waals surface area contributed by atoms with Crippen molar-refractivity contribution in [3.63, 3.8) is 0 Å². The molecule has 2 aromatic heterocycles. The third kappa shape index (κ3) is 5.89. The van der Waals surface area contributed by atoms with Gasteiger partial charge in [0.1, 0.15) is 10.0 Å². The van der Waals surface area contributed by atoms with Crippen LogP contribution in [0.3, 0.4) is 0 Å². The zero-order chi connectivity index (χ0) is 27.9. The van der Waals surface area contributed by atoms with Crippen LogP contribution in [0.4, 0.5) is 10.7 Å². The van der Waals surface area contributed by atoms with Crippen LogP contribution < -0.4 is 10.0 Å². The highest BCUT2D eigenvalue weighted by Gasteiger charge is 2.29. The van der Waals surface area contributed by atoms with E-state index in [2.05, 4.69) is 34.9 Å². The van der Waals surface area contributed by atoms with Crippen LogP contribution in [0, 0.1) is 0 Å². The van der Waals surface area contributed by atoms with Crippen molar-refractivity contribution >= 4 is 71.9 Å². The summed E-state index contributed by atoms with van der Waals surface area (Å²) >= 11 is 3.20. The van der Waals surface area contributed by atoms with E-state index in [9.17, 15) is 13.2 Å². The van der Waals surface area contributed by atoms with E-state index < -0.39 is 10.0 Å². The van der Waals surface area contributed by atoms with Crippen LogP contribution in [-0.4, -0.2) is 36.8 Å². The number of anilines is 2. The number of nitrogens with zero attached hydrogens (tertiary/aromatic N) is 2. The summed E-state index contributed by atoms with van der Waals surface area (Å²) in [6, 6.07) is 23.2. The van der Waals surface area contributed by atoms with E-state index in [1.165, 1.54) is 22.6 Å². The molecule has 2 N–H and O–H groups in total. The molecule has 11 heteroatoms. The molecule has 0 bridgehead atoms. The van der Waals surface area contributed by atoms with Crippen LogP contribution in [0.25, 0.3) is 20.8 Å². The first-order chi connectivity index (χ1) is 19.3. The number of hydrogen-bond donors (Lipinski definition) is 2. The molecular weight excluding hydrogens is 596 g/mol. The van der Waals surface area contributed by atoms with Crippen LogP contribution in [-0.2, 0) is 23.0 Å². The number of sulfonamides is 1. The third-order valence-electron chi connectivity index (χ3n) is 7.02. The smallest absolute Gasteiger partial charge is 0.261 e. The minimum atomic E-state index is -3.87. The summed E-state index contributed by atoms with van der Waals surface area (Å²) in [5.41, 5.74) is 3.60. The molecule has 3 aromatic carbocycles. The van der Waals surface area contributed by atoms with Gasteiger partial charge in [0.05, 0.1) is 26.4 Å². The van der Waals surface area contributed by atoms with Gasteiger partial charge in [-0.05, 0) is 62.2 Å². The van der Waals surface area contributed by atoms with Crippen LogP contribution in [0.15, 0.2) is 83.8 Å². The fraction of sp³-hybridized carbons (Fsp3) is 0.200. The first-order valence-corrected chi connectivity index (χ1v) is 16.1. The maximum atomic E-state index is 13.7. The molecule has 0 saturated carbocycles. The molecule has 1 amide bonds. The van der Waals surface area contributed by atoms with Gasteiger partial charge in [0, 0.05) is 29.6 Å². The number of thiazole rings is 1. The molecule has 3 heterocycles. The monoisotopic (exact) mass is 624 g/mol. The van der Waals surface area contributed by atoms with Crippen molar-refractivity contribution < 1.29 is 13.2 Å². The molecule has 0 radical (unpaired) electrons. The van der Waals surface area contributed by atoms with Crippen LogP contribution >= 0.6 is 35.1 Å². The minimum Gasteiger partial charge on any atom is -0.313 e. The quantitative estimate of drug-likeness (QED) is 0.199. The number of aromatic nitrogens is 1. The largest absolute Gasteiger partial charge is 0.313 e. The predicted molar refractivity (Wildman–Crippen MR) is 171 cm³/mol. The van der Waals surface area contributed by atoms with Crippen molar-refractivity contribution in [2.75, 3.05) is 16.6 Å². The second-order valence-electron chi connectivity index (χ2n) is 9.93. The van der Waals surface area contributed by atoms with E-state index in [0.29, 0.717) is 6.04 Å². The summed E-state index contributed by atoms with van der Waals surface area (Å²) in [6.07, 6.45) is 0.874. The number of amides is 1. The highest BCUT2D eigenvalue weighted by atomic mass is 35.5. The topological polar surface area (TPSA) is 91.4 Å². The van der Waals surface area contributed by atoms with E-state index in [0.717, 1.165) is 45.3 Å². The molecule has 0 unspecified atom stereocenters. The molecule has 0 fully saturated rings. The number of fused-ring (bicyclic) bond motifs is 2. The minimum absolute atomic E-state index is 0. The second-order valence-corrected chi connectivity index (χ2v) is 13.7. The number of halogens is 1. The molecule has 0 spiro atoms. The third-order valence-corrected chi connectivity index (χ3v) is 10.6. The van der Waals surface area contributed by atoms with E-state index in [1.807, 2.05) is 18.2 Å². The molecular formula is C30H29ClN4O3S3. The Bertz CT molecular complexity index is 1780. The normalized spacial score (nSPS) is 13.5. The van der Waals surface area contributed by atoms with Gasteiger partial charge in [-0.3, -0.25) is 14.4 Å².